The molecular weight excluding hydrogens is 370 g/mol. The average Bonchev–Trinajstić information content (AvgIpc) is 2.61. The lowest BCUT2D eigenvalue weighted by atomic mass is 10.0. The van der Waals surface area contributed by atoms with E-state index < -0.39 is 22.0 Å². The fraction of sp³-hybridized carbons (Fsp3) is 0.263. The first-order valence-corrected chi connectivity index (χ1v) is 9.91. The summed E-state index contributed by atoms with van der Waals surface area (Å²) in [5.41, 5.74) is 1.71. The Morgan fingerprint density at radius 1 is 1.07 bits per heavy atom. The van der Waals surface area contributed by atoms with E-state index in [1.54, 1.807) is 54.6 Å². The quantitative estimate of drug-likeness (QED) is 0.655. The molecule has 27 heavy (non-hydrogen) atoms. The SMILES string of the molecule is CS(=O)(=O)Oc1ccc(CCOc2ccc(CC(C#N)C(=O)O)cc2)cc1. The highest BCUT2D eigenvalue weighted by molar-refractivity contribution is 7.86. The minimum atomic E-state index is -3.54. The predicted octanol–water partition coefficient (Wildman–Crippen LogP) is 2.41. The van der Waals surface area contributed by atoms with Crippen LogP contribution >= 0.6 is 0 Å². The third-order valence-corrected chi connectivity index (χ3v) is 4.14. The third kappa shape index (κ3) is 6.99. The normalized spacial score (nSPS) is 12.0. The van der Waals surface area contributed by atoms with Gasteiger partial charge in [-0.2, -0.15) is 13.7 Å². The maximum absolute atomic E-state index is 11.1. The molecule has 0 bridgehead atoms. The Bertz CT molecular complexity index is 914. The van der Waals surface area contributed by atoms with Gasteiger partial charge < -0.3 is 14.0 Å². The van der Waals surface area contributed by atoms with Crippen molar-refractivity contribution in [3.8, 4) is 17.6 Å². The monoisotopic (exact) mass is 389 g/mol. The van der Waals surface area contributed by atoms with Crippen molar-refractivity contribution >= 4 is 16.1 Å². The number of benzene rings is 2. The van der Waals surface area contributed by atoms with E-state index in [0.717, 1.165) is 17.4 Å². The third-order valence-electron chi connectivity index (χ3n) is 3.65. The van der Waals surface area contributed by atoms with Gasteiger partial charge >= 0.3 is 16.1 Å². The van der Waals surface area contributed by atoms with E-state index in [0.29, 0.717) is 18.8 Å². The number of carboxylic acids is 1. The van der Waals surface area contributed by atoms with Crippen molar-refractivity contribution in [3.63, 3.8) is 0 Å². The minimum Gasteiger partial charge on any atom is -0.493 e. The van der Waals surface area contributed by atoms with Gasteiger partial charge in [-0.15, -0.1) is 0 Å². The molecule has 1 atom stereocenters. The summed E-state index contributed by atoms with van der Waals surface area (Å²) in [6, 6.07) is 15.4. The number of nitriles is 1. The van der Waals surface area contributed by atoms with Gasteiger partial charge in [0, 0.05) is 6.42 Å². The molecule has 0 radical (unpaired) electrons. The molecule has 0 aromatic heterocycles. The highest BCUT2D eigenvalue weighted by Crippen LogP contribution is 2.17. The molecule has 1 N–H and O–H groups in total. The lowest BCUT2D eigenvalue weighted by molar-refractivity contribution is -0.139. The van der Waals surface area contributed by atoms with E-state index >= 15 is 0 Å². The Balaban J connectivity index is 1.83. The molecule has 0 aliphatic rings. The highest BCUT2D eigenvalue weighted by Gasteiger charge is 2.16. The summed E-state index contributed by atoms with van der Waals surface area (Å²) in [6.45, 7) is 0.418. The van der Waals surface area contributed by atoms with Crippen molar-refractivity contribution < 1.29 is 27.2 Å². The van der Waals surface area contributed by atoms with Crippen molar-refractivity contribution in [2.24, 2.45) is 5.92 Å². The first kappa shape index (κ1) is 20.3. The van der Waals surface area contributed by atoms with E-state index in [9.17, 15) is 13.2 Å². The van der Waals surface area contributed by atoms with Gasteiger partial charge in [0.2, 0.25) is 0 Å². The summed E-state index contributed by atoms with van der Waals surface area (Å²) in [6.07, 6.45) is 1.76. The maximum atomic E-state index is 11.1. The molecule has 7 nitrogen and oxygen atoms in total. The fourth-order valence-corrected chi connectivity index (χ4v) is 2.78. The van der Waals surface area contributed by atoms with Gasteiger partial charge in [0.05, 0.1) is 18.9 Å². The fourth-order valence-electron chi connectivity index (χ4n) is 2.32. The van der Waals surface area contributed by atoms with Crippen LogP contribution in [0, 0.1) is 17.2 Å². The highest BCUT2D eigenvalue weighted by atomic mass is 32.2. The number of aliphatic carboxylic acids is 1. The molecule has 2 aromatic carbocycles. The maximum Gasteiger partial charge on any atom is 0.321 e. The van der Waals surface area contributed by atoms with Crippen LogP contribution < -0.4 is 8.92 Å². The lowest BCUT2D eigenvalue weighted by Crippen LogP contribution is -2.14. The topological polar surface area (TPSA) is 114 Å². The molecule has 0 saturated heterocycles. The van der Waals surface area contributed by atoms with Crippen molar-refractivity contribution in [2.75, 3.05) is 12.9 Å². The molecule has 0 fully saturated rings. The Hall–Kier alpha value is -3.05. The Morgan fingerprint density at radius 3 is 2.15 bits per heavy atom. The zero-order chi connectivity index (χ0) is 19.9. The second-order valence-corrected chi connectivity index (χ2v) is 7.47. The molecule has 0 saturated carbocycles. The Kier molecular flexibility index (Phi) is 6.79. The smallest absolute Gasteiger partial charge is 0.321 e. The van der Waals surface area contributed by atoms with Gasteiger partial charge in [0.1, 0.15) is 17.4 Å². The van der Waals surface area contributed by atoms with E-state index in [-0.39, 0.29) is 12.2 Å². The molecule has 0 aliphatic carbocycles. The molecule has 2 rings (SSSR count). The van der Waals surface area contributed by atoms with E-state index in [1.807, 2.05) is 0 Å². The van der Waals surface area contributed by atoms with Crippen LogP contribution in [0.3, 0.4) is 0 Å². The van der Waals surface area contributed by atoms with Crippen LogP contribution in [0.15, 0.2) is 48.5 Å². The largest absolute Gasteiger partial charge is 0.493 e. The molecule has 0 spiro atoms. The van der Waals surface area contributed by atoms with Crippen molar-refractivity contribution in [2.45, 2.75) is 12.8 Å². The van der Waals surface area contributed by atoms with Gasteiger partial charge in [0.25, 0.3) is 0 Å². The number of carboxylic acid groups (broad SMARTS) is 1. The minimum absolute atomic E-state index is 0.147. The van der Waals surface area contributed by atoms with Gasteiger partial charge in [-0.3, -0.25) is 4.79 Å². The van der Waals surface area contributed by atoms with Gasteiger partial charge in [-0.1, -0.05) is 24.3 Å². The summed E-state index contributed by atoms with van der Waals surface area (Å²) in [4.78, 5) is 10.9. The number of hydrogen-bond donors (Lipinski definition) is 1. The van der Waals surface area contributed by atoms with E-state index in [4.69, 9.17) is 19.3 Å². The molecule has 0 heterocycles. The number of rotatable bonds is 9. The zero-order valence-corrected chi connectivity index (χ0v) is 15.5. The van der Waals surface area contributed by atoms with Crippen molar-refractivity contribution in [1.29, 1.82) is 5.26 Å². The first-order valence-electron chi connectivity index (χ1n) is 8.09. The molecule has 2 aromatic rings. The number of hydrogen-bond acceptors (Lipinski definition) is 6. The number of nitrogens with zero attached hydrogens (tertiary/aromatic N) is 1. The van der Waals surface area contributed by atoms with Gasteiger partial charge in [-0.05, 0) is 41.8 Å². The summed E-state index contributed by atoms with van der Waals surface area (Å²) in [5.74, 6) is -1.30. The molecule has 0 amide bonds. The van der Waals surface area contributed by atoms with Gasteiger partial charge in [0.15, 0.2) is 0 Å². The van der Waals surface area contributed by atoms with Gasteiger partial charge in [-0.25, -0.2) is 0 Å². The second kappa shape index (κ2) is 9.05. The number of ether oxygens (including phenoxy) is 1. The zero-order valence-electron chi connectivity index (χ0n) is 14.7. The van der Waals surface area contributed by atoms with E-state index in [2.05, 4.69) is 0 Å². The molecule has 8 heteroatoms. The van der Waals surface area contributed by atoms with Crippen LogP contribution in [0.25, 0.3) is 0 Å². The molecular formula is C19H19NO6S. The van der Waals surface area contributed by atoms with Crippen LogP contribution in [0.5, 0.6) is 11.5 Å². The Labute approximate surface area is 157 Å². The molecule has 1 unspecified atom stereocenters. The predicted molar refractivity (Wildman–Crippen MR) is 98.0 cm³/mol. The Morgan fingerprint density at radius 2 is 1.63 bits per heavy atom. The lowest BCUT2D eigenvalue weighted by Gasteiger charge is -2.09. The average molecular weight is 389 g/mol. The summed E-state index contributed by atoms with van der Waals surface area (Å²) < 4.78 is 32.5. The van der Waals surface area contributed by atoms with Crippen molar-refractivity contribution in [1.82, 2.24) is 0 Å². The molecule has 0 aliphatic heterocycles. The number of carbonyl (C=O) groups is 1. The second-order valence-electron chi connectivity index (χ2n) is 5.90. The summed E-state index contributed by atoms with van der Waals surface area (Å²) in [5, 5.41) is 17.7. The van der Waals surface area contributed by atoms with Crippen LogP contribution in [-0.2, 0) is 27.8 Å². The summed E-state index contributed by atoms with van der Waals surface area (Å²) >= 11 is 0. The standard InChI is InChI=1S/C19H19NO6S/c1-27(23,24)26-18-8-2-14(3-9-18)10-11-25-17-6-4-15(5-7-17)12-16(13-20)19(21)22/h2-9,16H,10-12H2,1H3,(H,21,22). The van der Waals surface area contributed by atoms with Crippen LogP contribution in [0.2, 0.25) is 0 Å². The molecule has 142 valence electrons. The van der Waals surface area contributed by atoms with Crippen LogP contribution in [0.4, 0.5) is 0 Å². The first-order chi connectivity index (χ1) is 12.8. The van der Waals surface area contributed by atoms with E-state index in [1.165, 1.54) is 0 Å². The van der Waals surface area contributed by atoms with Crippen molar-refractivity contribution in [3.05, 3.63) is 59.7 Å². The summed E-state index contributed by atoms with van der Waals surface area (Å²) in [7, 11) is -3.54. The van der Waals surface area contributed by atoms with Crippen LogP contribution in [-0.4, -0.2) is 32.4 Å². The van der Waals surface area contributed by atoms with Crippen LogP contribution in [0.1, 0.15) is 11.1 Å².